The van der Waals surface area contributed by atoms with Gasteiger partial charge < -0.3 is 9.52 Å². The Bertz CT molecular complexity index is 418. The van der Waals surface area contributed by atoms with Gasteiger partial charge in [-0.3, -0.25) is 0 Å². The molecule has 0 saturated heterocycles. The third-order valence-corrected chi connectivity index (χ3v) is 2.17. The van der Waals surface area contributed by atoms with E-state index >= 15 is 0 Å². The number of aromatic nitrogens is 1. The van der Waals surface area contributed by atoms with Crippen molar-refractivity contribution in [1.29, 1.82) is 0 Å². The van der Waals surface area contributed by atoms with Crippen molar-refractivity contribution in [2.24, 2.45) is 0 Å². The molecule has 0 spiro atoms. The fourth-order valence-electron chi connectivity index (χ4n) is 0.891. The SMILES string of the molecule is O=C(O)c1coc(-c2ccsc2)n1. The number of hydrogen-bond donors (Lipinski definition) is 1. The van der Waals surface area contributed by atoms with E-state index in [0.717, 1.165) is 11.8 Å². The zero-order valence-corrected chi connectivity index (χ0v) is 7.25. The number of carboxylic acids is 1. The summed E-state index contributed by atoms with van der Waals surface area (Å²) in [5.74, 6) is -0.733. The van der Waals surface area contributed by atoms with Crippen LogP contribution in [-0.4, -0.2) is 16.1 Å². The van der Waals surface area contributed by atoms with E-state index in [4.69, 9.17) is 9.52 Å². The molecule has 2 heterocycles. The Hall–Kier alpha value is -1.62. The maximum Gasteiger partial charge on any atom is 0.357 e. The lowest BCUT2D eigenvalue weighted by molar-refractivity contribution is 0.0690. The van der Waals surface area contributed by atoms with Crippen LogP contribution in [0.2, 0.25) is 0 Å². The Labute approximate surface area is 77.5 Å². The van der Waals surface area contributed by atoms with Crippen LogP contribution < -0.4 is 0 Å². The van der Waals surface area contributed by atoms with Gasteiger partial charge in [-0.15, -0.1) is 0 Å². The number of thiophene rings is 1. The molecule has 2 aromatic rings. The van der Waals surface area contributed by atoms with Crippen LogP contribution in [0.15, 0.2) is 27.5 Å². The van der Waals surface area contributed by atoms with Gasteiger partial charge in [0.2, 0.25) is 5.89 Å². The minimum absolute atomic E-state index is 0.0683. The average molecular weight is 195 g/mol. The number of nitrogens with zero attached hydrogens (tertiary/aromatic N) is 1. The number of carboxylic acid groups (broad SMARTS) is 1. The van der Waals surface area contributed by atoms with Gasteiger partial charge in [-0.25, -0.2) is 9.78 Å². The Morgan fingerprint density at radius 2 is 2.46 bits per heavy atom. The first kappa shape index (κ1) is 8.00. The maximum absolute atomic E-state index is 10.5. The lowest BCUT2D eigenvalue weighted by atomic mass is 10.3. The Morgan fingerprint density at radius 1 is 1.62 bits per heavy atom. The first-order valence-corrected chi connectivity index (χ1v) is 4.43. The van der Waals surface area contributed by atoms with Crippen LogP contribution >= 0.6 is 11.3 Å². The molecule has 0 aliphatic rings. The number of carbonyl (C=O) groups is 1. The molecule has 0 bridgehead atoms. The molecule has 0 aliphatic carbocycles. The van der Waals surface area contributed by atoms with E-state index in [1.807, 2.05) is 16.8 Å². The van der Waals surface area contributed by atoms with Crippen molar-refractivity contribution in [2.45, 2.75) is 0 Å². The van der Waals surface area contributed by atoms with Gasteiger partial charge in [0.15, 0.2) is 5.69 Å². The first-order valence-electron chi connectivity index (χ1n) is 3.49. The second-order valence-electron chi connectivity index (χ2n) is 2.36. The molecule has 0 amide bonds. The largest absolute Gasteiger partial charge is 0.476 e. The van der Waals surface area contributed by atoms with Crippen LogP contribution in [0.5, 0.6) is 0 Å². The molecule has 1 N–H and O–H groups in total. The number of hydrogen-bond acceptors (Lipinski definition) is 4. The quantitative estimate of drug-likeness (QED) is 0.797. The molecule has 0 aliphatic heterocycles. The fraction of sp³-hybridized carbons (Fsp3) is 0. The smallest absolute Gasteiger partial charge is 0.357 e. The summed E-state index contributed by atoms with van der Waals surface area (Å²) in [4.78, 5) is 14.3. The van der Waals surface area contributed by atoms with Gasteiger partial charge in [0.05, 0.1) is 0 Å². The van der Waals surface area contributed by atoms with Crippen molar-refractivity contribution in [3.63, 3.8) is 0 Å². The monoisotopic (exact) mass is 195 g/mol. The summed E-state index contributed by atoms with van der Waals surface area (Å²) in [5.41, 5.74) is 0.735. The fourth-order valence-corrected chi connectivity index (χ4v) is 1.52. The topological polar surface area (TPSA) is 63.3 Å². The second kappa shape index (κ2) is 3.02. The average Bonchev–Trinajstić information content (AvgIpc) is 2.75. The van der Waals surface area contributed by atoms with Crippen LogP contribution in [0, 0.1) is 0 Å². The lowest BCUT2D eigenvalue weighted by Gasteiger charge is -1.84. The summed E-state index contributed by atoms with van der Waals surface area (Å²) in [7, 11) is 0. The highest BCUT2D eigenvalue weighted by atomic mass is 32.1. The summed E-state index contributed by atoms with van der Waals surface area (Å²) in [6, 6.07) is 1.82. The van der Waals surface area contributed by atoms with Gasteiger partial charge >= 0.3 is 5.97 Å². The molecule has 0 radical (unpaired) electrons. The van der Waals surface area contributed by atoms with Gasteiger partial charge in [0, 0.05) is 10.9 Å². The standard InChI is InChI=1S/C8H5NO3S/c10-8(11)6-3-12-7(9-6)5-1-2-13-4-5/h1-4H,(H,10,11). The Balaban J connectivity index is 2.39. The van der Waals surface area contributed by atoms with Crippen LogP contribution in [-0.2, 0) is 0 Å². The Kier molecular flexibility index (Phi) is 1.86. The molecule has 0 saturated carbocycles. The summed E-state index contributed by atoms with van der Waals surface area (Å²) >= 11 is 1.50. The highest BCUT2D eigenvalue weighted by Gasteiger charge is 2.11. The molecule has 0 unspecified atom stereocenters. The van der Waals surface area contributed by atoms with Crippen LogP contribution in [0.4, 0.5) is 0 Å². The molecule has 2 rings (SSSR count). The van der Waals surface area contributed by atoms with Crippen molar-refractivity contribution in [3.8, 4) is 11.5 Å². The number of oxazole rings is 1. The summed E-state index contributed by atoms with van der Waals surface area (Å²) in [6.45, 7) is 0. The van der Waals surface area contributed by atoms with Crippen molar-refractivity contribution in [3.05, 3.63) is 28.8 Å². The lowest BCUT2D eigenvalue weighted by Crippen LogP contribution is -1.95. The van der Waals surface area contributed by atoms with Gasteiger partial charge in [-0.1, -0.05) is 0 Å². The molecular weight excluding hydrogens is 190 g/mol. The molecule has 5 heteroatoms. The molecule has 13 heavy (non-hydrogen) atoms. The van der Waals surface area contributed by atoms with Crippen LogP contribution in [0.25, 0.3) is 11.5 Å². The molecule has 0 aromatic carbocycles. The number of rotatable bonds is 2. The summed E-state index contributed by atoms with van der Waals surface area (Å²) in [5, 5.41) is 12.3. The van der Waals surface area contributed by atoms with Crippen LogP contribution in [0.1, 0.15) is 10.5 Å². The van der Waals surface area contributed by atoms with E-state index < -0.39 is 5.97 Å². The zero-order valence-electron chi connectivity index (χ0n) is 6.43. The predicted octanol–water partition coefficient (Wildman–Crippen LogP) is 2.10. The summed E-state index contributed by atoms with van der Waals surface area (Å²) < 4.78 is 4.99. The highest BCUT2D eigenvalue weighted by Crippen LogP contribution is 2.20. The van der Waals surface area contributed by atoms with E-state index in [9.17, 15) is 4.79 Å². The molecule has 0 atom stereocenters. The number of aromatic carboxylic acids is 1. The molecule has 66 valence electrons. The second-order valence-corrected chi connectivity index (χ2v) is 3.14. The molecule has 2 aromatic heterocycles. The van der Waals surface area contributed by atoms with Gasteiger partial charge in [-0.2, -0.15) is 11.3 Å². The Morgan fingerprint density at radius 3 is 3.00 bits per heavy atom. The molecule has 0 fully saturated rings. The zero-order chi connectivity index (χ0) is 9.26. The third kappa shape index (κ3) is 1.46. The van der Waals surface area contributed by atoms with Gasteiger partial charge in [0.1, 0.15) is 6.26 Å². The van der Waals surface area contributed by atoms with E-state index in [2.05, 4.69) is 4.98 Å². The van der Waals surface area contributed by atoms with Crippen molar-refractivity contribution in [2.75, 3.05) is 0 Å². The maximum atomic E-state index is 10.5. The predicted molar refractivity (Wildman–Crippen MR) is 46.8 cm³/mol. The van der Waals surface area contributed by atoms with E-state index in [1.165, 1.54) is 11.3 Å². The molecular formula is C8H5NO3S. The van der Waals surface area contributed by atoms with Gasteiger partial charge in [-0.05, 0) is 11.4 Å². The molecule has 4 nitrogen and oxygen atoms in total. The minimum atomic E-state index is -1.08. The first-order chi connectivity index (χ1) is 6.27. The van der Waals surface area contributed by atoms with Crippen molar-refractivity contribution >= 4 is 17.3 Å². The third-order valence-electron chi connectivity index (χ3n) is 1.49. The normalized spacial score (nSPS) is 10.2. The highest BCUT2D eigenvalue weighted by molar-refractivity contribution is 7.08. The summed E-state index contributed by atoms with van der Waals surface area (Å²) in [6.07, 6.45) is 1.13. The van der Waals surface area contributed by atoms with E-state index in [1.54, 1.807) is 0 Å². The van der Waals surface area contributed by atoms with Crippen LogP contribution in [0.3, 0.4) is 0 Å². The van der Waals surface area contributed by atoms with Crippen molar-refractivity contribution < 1.29 is 14.3 Å². The minimum Gasteiger partial charge on any atom is -0.476 e. The van der Waals surface area contributed by atoms with E-state index in [0.29, 0.717) is 5.89 Å². The van der Waals surface area contributed by atoms with E-state index in [-0.39, 0.29) is 5.69 Å². The van der Waals surface area contributed by atoms with Gasteiger partial charge in [0.25, 0.3) is 0 Å². The van der Waals surface area contributed by atoms with Crippen molar-refractivity contribution in [1.82, 2.24) is 4.98 Å².